The highest BCUT2D eigenvalue weighted by Gasteiger charge is 2.53. The van der Waals surface area contributed by atoms with Crippen molar-refractivity contribution in [3.63, 3.8) is 0 Å². The largest absolute Gasteiger partial charge is 0.446 e. The lowest BCUT2D eigenvalue weighted by atomic mass is 9.53. The number of alkyl halides is 6. The number of hydrogen-bond acceptors (Lipinski definition) is 8. The molecule has 3 fully saturated rings. The third-order valence-corrected chi connectivity index (χ3v) is 9.50. The molecule has 3 aliphatic rings. The molecule has 2 heterocycles. The van der Waals surface area contributed by atoms with E-state index in [9.17, 15) is 36.2 Å². The third-order valence-electron chi connectivity index (χ3n) is 9.50. The monoisotopic (exact) mass is 702 g/mol. The Bertz CT molecular complexity index is 1570. The molecule has 1 aromatic carbocycles. The normalized spacial score (nSPS) is 21.5. The second kappa shape index (κ2) is 14.1. The number of carbonyl (C=O) groups excluding carboxylic acids is 1. The van der Waals surface area contributed by atoms with Crippen LogP contribution < -0.4 is 9.64 Å². The fourth-order valence-corrected chi connectivity index (χ4v) is 6.64. The number of ether oxygens (including phenoxy) is 2. The smallest absolute Gasteiger partial charge is 0.415 e. The lowest BCUT2D eigenvalue weighted by Gasteiger charge is -2.53. The lowest BCUT2D eigenvalue weighted by Crippen LogP contribution is -2.51. The van der Waals surface area contributed by atoms with E-state index in [1.165, 1.54) is 49.1 Å². The van der Waals surface area contributed by atoms with Gasteiger partial charge < -0.3 is 19.1 Å². The topological polar surface area (TPSA) is 111 Å². The van der Waals surface area contributed by atoms with Gasteiger partial charge in [-0.3, -0.25) is 4.90 Å². The highest BCUT2D eigenvalue weighted by molar-refractivity contribution is 5.87. The Balaban J connectivity index is 1.43. The Labute approximate surface area is 277 Å². The summed E-state index contributed by atoms with van der Waals surface area (Å²) in [6.07, 6.45) is -4.45. The predicted molar refractivity (Wildman–Crippen MR) is 161 cm³/mol. The number of aromatic nitrogens is 3. The number of nitrogens with zero attached hydrogens (tertiary/aromatic N) is 4. The number of benzene rings is 1. The van der Waals surface area contributed by atoms with Crippen molar-refractivity contribution in [1.82, 2.24) is 15.1 Å². The number of rotatable bonds is 13. The van der Waals surface area contributed by atoms with E-state index in [2.05, 4.69) is 19.9 Å². The number of aliphatic hydroxyl groups is 1. The zero-order valence-corrected chi connectivity index (χ0v) is 26.9. The van der Waals surface area contributed by atoms with Gasteiger partial charge in [-0.05, 0) is 88.0 Å². The molecule has 3 saturated carbocycles. The van der Waals surface area contributed by atoms with Crippen molar-refractivity contribution in [1.29, 1.82) is 0 Å². The quantitative estimate of drug-likeness (QED) is 0.177. The summed E-state index contributed by atoms with van der Waals surface area (Å²) in [7, 11) is 0. The van der Waals surface area contributed by atoms with Crippen LogP contribution in [0, 0.1) is 11.2 Å². The van der Waals surface area contributed by atoms with Crippen LogP contribution in [0.1, 0.15) is 83.3 Å². The SMILES string of the molecule is CC(C)(F)c1nc(C23CCC(CN(C(=O)O[C@H](CCO)CCC(F)(F)F)c4cc(-c5ccc(OC(F)F)cc5)c(F)cn4)(CC2)CC3)no1. The Morgan fingerprint density at radius 3 is 2.24 bits per heavy atom. The van der Waals surface area contributed by atoms with Crippen molar-refractivity contribution in [3.8, 4) is 16.9 Å². The molecule has 268 valence electrons. The minimum absolute atomic E-state index is 0.0251. The van der Waals surface area contributed by atoms with Crippen LogP contribution in [0.3, 0.4) is 0 Å². The summed E-state index contributed by atoms with van der Waals surface area (Å²) in [5, 5.41) is 13.6. The molecule has 49 heavy (non-hydrogen) atoms. The molecule has 0 unspecified atom stereocenters. The van der Waals surface area contributed by atoms with Crippen molar-refractivity contribution < 1.29 is 54.6 Å². The number of fused-ring (bicyclic) bond motifs is 3. The average molecular weight is 703 g/mol. The van der Waals surface area contributed by atoms with Gasteiger partial charge >= 0.3 is 18.9 Å². The molecule has 1 N–H and O–H groups in total. The van der Waals surface area contributed by atoms with Crippen LogP contribution in [0.2, 0.25) is 0 Å². The highest BCUT2D eigenvalue weighted by Crippen LogP contribution is 2.57. The van der Waals surface area contributed by atoms with Crippen LogP contribution in [0.25, 0.3) is 11.1 Å². The van der Waals surface area contributed by atoms with E-state index < -0.39 is 66.7 Å². The van der Waals surface area contributed by atoms with Crippen molar-refractivity contribution in [3.05, 3.63) is 54.1 Å². The second-order valence-corrected chi connectivity index (χ2v) is 13.4. The average Bonchev–Trinajstić information content (AvgIpc) is 3.56. The zero-order chi connectivity index (χ0) is 35.6. The molecule has 9 nitrogen and oxygen atoms in total. The molecular weight excluding hydrogens is 665 g/mol. The molecule has 1 amide bonds. The molecule has 0 spiro atoms. The summed E-state index contributed by atoms with van der Waals surface area (Å²) in [5.74, 6) is -0.674. The summed E-state index contributed by atoms with van der Waals surface area (Å²) >= 11 is 0. The fourth-order valence-electron chi connectivity index (χ4n) is 6.64. The van der Waals surface area contributed by atoms with Crippen molar-refractivity contribution in [2.24, 2.45) is 5.41 Å². The fraction of sp³-hybridized carbons (Fsp3) is 0.576. The van der Waals surface area contributed by atoms with Gasteiger partial charge in [0.25, 0.3) is 5.89 Å². The molecule has 3 aliphatic carbocycles. The number of amides is 1. The van der Waals surface area contributed by atoms with Crippen LogP contribution in [0.4, 0.5) is 41.3 Å². The molecule has 1 atom stereocenters. The number of pyridine rings is 1. The van der Waals surface area contributed by atoms with Crippen LogP contribution in [0.15, 0.2) is 41.1 Å². The maximum absolute atomic E-state index is 15.1. The van der Waals surface area contributed by atoms with Gasteiger partial charge in [-0.1, -0.05) is 17.3 Å². The molecule has 0 saturated heterocycles. The standard InChI is InChI=1S/C33H37F7N4O5/c1-30(2,37)27-42-26(43-49-27)32-13-10-31(11-14-32,12-15-32)19-44(29(46)48-22(8-16-45)7-9-33(38,39)40)25-17-23(24(34)18-41-25)20-3-5-21(6-4-20)47-28(35)36/h3-6,17-18,22,28,45H,7-16,19H2,1-2H3/t22-,31?,32?/m0/s1. The summed E-state index contributed by atoms with van der Waals surface area (Å²) in [5.41, 5.74) is -2.52. The molecule has 0 aliphatic heterocycles. The number of anilines is 1. The first-order valence-corrected chi connectivity index (χ1v) is 15.9. The number of aliphatic hydroxyl groups excluding tert-OH is 1. The second-order valence-electron chi connectivity index (χ2n) is 13.4. The van der Waals surface area contributed by atoms with Crippen molar-refractivity contribution in [2.45, 2.75) is 102 Å². The first-order valence-electron chi connectivity index (χ1n) is 15.9. The van der Waals surface area contributed by atoms with E-state index in [4.69, 9.17) is 9.26 Å². The minimum Gasteiger partial charge on any atom is -0.446 e. The summed E-state index contributed by atoms with van der Waals surface area (Å²) < 4.78 is 109. The maximum Gasteiger partial charge on any atom is 0.415 e. The van der Waals surface area contributed by atoms with E-state index in [0.29, 0.717) is 44.3 Å². The molecule has 6 rings (SSSR count). The van der Waals surface area contributed by atoms with Gasteiger partial charge in [0.1, 0.15) is 23.5 Å². The van der Waals surface area contributed by atoms with Gasteiger partial charge in [-0.25, -0.2) is 18.6 Å². The number of halogens is 7. The highest BCUT2D eigenvalue weighted by atomic mass is 19.4. The van der Waals surface area contributed by atoms with Crippen LogP contribution in [-0.4, -0.2) is 58.4 Å². The molecule has 2 aromatic heterocycles. The lowest BCUT2D eigenvalue weighted by molar-refractivity contribution is -0.140. The van der Waals surface area contributed by atoms with E-state index in [1.54, 1.807) is 0 Å². The maximum atomic E-state index is 15.1. The summed E-state index contributed by atoms with van der Waals surface area (Å²) in [4.78, 5) is 23.5. The van der Waals surface area contributed by atoms with Crippen molar-refractivity contribution >= 4 is 11.9 Å². The van der Waals surface area contributed by atoms with E-state index in [1.807, 2.05) is 0 Å². The number of carbonyl (C=O) groups is 1. The molecule has 0 radical (unpaired) electrons. The van der Waals surface area contributed by atoms with Gasteiger partial charge in [-0.2, -0.15) is 26.9 Å². The van der Waals surface area contributed by atoms with Gasteiger partial charge in [-0.15, -0.1) is 0 Å². The van der Waals surface area contributed by atoms with Gasteiger partial charge in [0, 0.05) is 37.0 Å². The summed E-state index contributed by atoms with van der Waals surface area (Å²) in [6, 6.07) is 6.44. The molecule has 3 aromatic rings. The zero-order valence-electron chi connectivity index (χ0n) is 26.9. The van der Waals surface area contributed by atoms with E-state index in [0.717, 1.165) is 6.20 Å². The van der Waals surface area contributed by atoms with Gasteiger partial charge in [0.2, 0.25) is 0 Å². The van der Waals surface area contributed by atoms with Gasteiger partial charge in [0.05, 0.1) is 6.20 Å². The van der Waals surface area contributed by atoms with Crippen LogP contribution in [0.5, 0.6) is 5.75 Å². The van der Waals surface area contributed by atoms with E-state index >= 15 is 4.39 Å². The molecule has 16 heteroatoms. The van der Waals surface area contributed by atoms with Crippen LogP contribution >= 0.6 is 0 Å². The van der Waals surface area contributed by atoms with E-state index in [-0.39, 0.29) is 41.6 Å². The first kappa shape index (κ1) is 36.3. The third kappa shape index (κ3) is 8.62. The Morgan fingerprint density at radius 2 is 1.69 bits per heavy atom. The molecule has 2 bridgehead atoms. The van der Waals surface area contributed by atoms with Gasteiger partial charge in [0.15, 0.2) is 11.5 Å². The predicted octanol–water partition coefficient (Wildman–Crippen LogP) is 8.41. The minimum atomic E-state index is -4.52. The first-order chi connectivity index (χ1) is 23.0. The summed E-state index contributed by atoms with van der Waals surface area (Å²) in [6.45, 7) is -0.910. The Morgan fingerprint density at radius 1 is 1.04 bits per heavy atom. The Hall–Kier alpha value is -3.95. The Kier molecular flexibility index (Phi) is 10.5. The van der Waals surface area contributed by atoms with Crippen molar-refractivity contribution in [2.75, 3.05) is 18.1 Å². The van der Waals surface area contributed by atoms with Crippen LogP contribution in [-0.2, 0) is 15.8 Å². The molecular formula is C33H37F7N4O5. The number of hydrogen-bond donors (Lipinski definition) is 1.